The summed E-state index contributed by atoms with van der Waals surface area (Å²) in [5.41, 5.74) is 0.947. The zero-order valence-electron chi connectivity index (χ0n) is 14.8. The summed E-state index contributed by atoms with van der Waals surface area (Å²) < 4.78 is 31.1. The molecule has 1 aliphatic heterocycles. The average Bonchev–Trinajstić information content (AvgIpc) is 2.67. The number of carbonyl (C=O) groups is 1. The Morgan fingerprint density at radius 1 is 1.30 bits per heavy atom. The van der Waals surface area contributed by atoms with Gasteiger partial charge in [0.15, 0.2) is 0 Å². The molecular formula is C18H19ClN2O5S. The van der Waals surface area contributed by atoms with Crippen LogP contribution in [0.2, 0.25) is 5.02 Å². The summed E-state index contributed by atoms with van der Waals surface area (Å²) in [5.74, 6) is 0.261. The summed E-state index contributed by atoms with van der Waals surface area (Å²) in [6.07, 6.45) is 0.602. The van der Waals surface area contributed by atoms with Crippen molar-refractivity contribution < 1.29 is 22.8 Å². The van der Waals surface area contributed by atoms with Gasteiger partial charge in [0.1, 0.15) is 5.75 Å². The molecule has 0 saturated carbocycles. The molecule has 0 spiro atoms. The van der Waals surface area contributed by atoms with Gasteiger partial charge in [0.25, 0.3) is 15.9 Å². The first-order chi connectivity index (χ1) is 12.8. The topological polar surface area (TPSA) is 84.9 Å². The van der Waals surface area contributed by atoms with Crippen LogP contribution in [0.25, 0.3) is 0 Å². The molecule has 0 aromatic heterocycles. The first-order valence-corrected chi connectivity index (χ1v) is 10.0. The summed E-state index contributed by atoms with van der Waals surface area (Å²) in [5, 5.41) is 3.07. The molecule has 1 amide bonds. The molecule has 0 saturated heterocycles. The molecule has 1 atom stereocenters. The number of amides is 1. The number of fused-ring (bicyclic) bond motifs is 1. The first kappa shape index (κ1) is 19.6. The van der Waals surface area contributed by atoms with E-state index in [1.165, 1.54) is 32.4 Å². The Labute approximate surface area is 162 Å². The monoisotopic (exact) mass is 410 g/mol. The van der Waals surface area contributed by atoms with Crippen LogP contribution in [0, 0.1) is 0 Å². The molecule has 0 fully saturated rings. The number of rotatable bonds is 5. The molecule has 0 radical (unpaired) electrons. The van der Waals surface area contributed by atoms with Gasteiger partial charge in [-0.3, -0.25) is 9.63 Å². The number of nitrogens with zero attached hydrogens (tertiary/aromatic N) is 1. The molecule has 1 heterocycles. The number of para-hydroxylation sites is 1. The summed E-state index contributed by atoms with van der Waals surface area (Å²) in [6.45, 7) is 0.475. The lowest BCUT2D eigenvalue weighted by Gasteiger charge is -2.26. The largest absolute Gasteiger partial charge is 0.493 e. The van der Waals surface area contributed by atoms with Crippen molar-refractivity contribution in [3.63, 3.8) is 0 Å². The molecule has 7 nitrogen and oxygen atoms in total. The standard InChI is InChI=1S/C18H19ClN2O5S/c1-21(25-2)27(23,24)12-7-8-15(19)14(11-12)18(22)20-16-9-10-26-17-6-4-3-5-13(16)17/h3-8,11,16H,9-10H2,1-2H3,(H,20,22)/t16-/m1/s1. The lowest BCUT2D eigenvalue weighted by atomic mass is 10.00. The number of hydrogen-bond acceptors (Lipinski definition) is 5. The SMILES string of the molecule is CON(C)S(=O)(=O)c1ccc(Cl)c(C(=O)N[C@@H]2CCOc3ccccc32)c1. The third-order valence-corrected chi connectivity index (χ3v) is 6.35. The highest BCUT2D eigenvalue weighted by Gasteiger charge is 2.26. The van der Waals surface area contributed by atoms with Crippen LogP contribution in [0.15, 0.2) is 47.4 Å². The molecule has 144 valence electrons. The smallest absolute Gasteiger partial charge is 0.264 e. The number of nitrogens with one attached hydrogen (secondary N) is 1. The molecule has 0 unspecified atom stereocenters. The Kier molecular flexibility index (Phi) is 5.71. The van der Waals surface area contributed by atoms with Crippen LogP contribution >= 0.6 is 11.6 Å². The van der Waals surface area contributed by atoms with E-state index in [0.29, 0.717) is 17.5 Å². The minimum Gasteiger partial charge on any atom is -0.493 e. The predicted octanol–water partition coefficient (Wildman–Crippen LogP) is 2.78. The highest BCUT2D eigenvalue weighted by molar-refractivity contribution is 7.89. The van der Waals surface area contributed by atoms with Crippen LogP contribution in [0.1, 0.15) is 28.4 Å². The zero-order chi connectivity index (χ0) is 19.6. The number of carbonyl (C=O) groups excluding carboxylic acids is 1. The molecule has 27 heavy (non-hydrogen) atoms. The summed E-state index contributed by atoms with van der Waals surface area (Å²) in [6, 6.07) is 11.2. The Bertz CT molecular complexity index is 964. The average molecular weight is 411 g/mol. The van der Waals surface area contributed by atoms with Gasteiger partial charge in [-0.1, -0.05) is 34.3 Å². The van der Waals surface area contributed by atoms with Gasteiger partial charge in [-0.05, 0) is 24.3 Å². The van der Waals surface area contributed by atoms with E-state index in [1.54, 1.807) is 0 Å². The molecule has 1 aliphatic rings. The second-order valence-corrected chi connectivity index (χ2v) is 8.28. The normalized spacial score (nSPS) is 16.5. The van der Waals surface area contributed by atoms with Gasteiger partial charge in [-0.2, -0.15) is 0 Å². The second-order valence-electron chi connectivity index (χ2n) is 5.94. The van der Waals surface area contributed by atoms with Crippen molar-refractivity contribution in [1.29, 1.82) is 0 Å². The van der Waals surface area contributed by atoms with E-state index < -0.39 is 15.9 Å². The van der Waals surface area contributed by atoms with Gasteiger partial charge >= 0.3 is 0 Å². The van der Waals surface area contributed by atoms with Crippen LogP contribution in [0.3, 0.4) is 0 Å². The number of benzene rings is 2. The predicted molar refractivity (Wildman–Crippen MR) is 100 cm³/mol. The Morgan fingerprint density at radius 3 is 2.78 bits per heavy atom. The van der Waals surface area contributed by atoms with Crippen LogP contribution in [-0.4, -0.2) is 39.6 Å². The van der Waals surface area contributed by atoms with Gasteiger partial charge in [0, 0.05) is 19.0 Å². The zero-order valence-corrected chi connectivity index (χ0v) is 16.4. The van der Waals surface area contributed by atoms with E-state index in [0.717, 1.165) is 11.3 Å². The van der Waals surface area contributed by atoms with Crippen LogP contribution < -0.4 is 10.1 Å². The number of ether oxygens (including phenoxy) is 1. The third-order valence-electron chi connectivity index (χ3n) is 4.34. The molecule has 9 heteroatoms. The number of sulfonamides is 1. The van der Waals surface area contributed by atoms with Gasteiger partial charge in [-0.25, -0.2) is 8.42 Å². The van der Waals surface area contributed by atoms with Crippen molar-refractivity contribution in [3.05, 3.63) is 58.6 Å². The Balaban J connectivity index is 1.89. The number of halogens is 1. The first-order valence-electron chi connectivity index (χ1n) is 8.19. The van der Waals surface area contributed by atoms with Crippen LogP contribution in [-0.2, 0) is 14.9 Å². The fraction of sp³-hybridized carbons (Fsp3) is 0.278. The molecule has 2 aromatic carbocycles. The highest BCUT2D eigenvalue weighted by Crippen LogP contribution is 2.32. The Morgan fingerprint density at radius 2 is 2.04 bits per heavy atom. The molecule has 1 N–H and O–H groups in total. The number of hydrogen-bond donors (Lipinski definition) is 1. The van der Waals surface area contributed by atoms with Crippen molar-refractivity contribution in [1.82, 2.24) is 9.79 Å². The minimum atomic E-state index is -3.89. The van der Waals surface area contributed by atoms with Crippen LogP contribution in [0.5, 0.6) is 5.75 Å². The Hall–Kier alpha value is -2.13. The maximum Gasteiger partial charge on any atom is 0.264 e. The second kappa shape index (κ2) is 7.85. The maximum atomic E-state index is 12.8. The van der Waals surface area contributed by atoms with E-state index in [1.807, 2.05) is 24.3 Å². The quantitative estimate of drug-likeness (QED) is 0.766. The van der Waals surface area contributed by atoms with Crippen molar-refractivity contribution in [2.45, 2.75) is 17.4 Å². The highest BCUT2D eigenvalue weighted by atomic mass is 35.5. The van der Waals surface area contributed by atoms with Gasteiger partial charge < -0.3 is 10.1 Å². The van der Waals surface area contributed by atoms with Crippen molar-refractivity contribution in [2.75, 3.05) is 20.8 Å². The third kappa shape index (κ3) is 3.93. The van der Waals surface area contributed by atoms with E-state index in [-0.39, 0.29) is 21.5 Å². The summed E-state index contributed by atoms with van der Waals surface area (Å²) >= 11 is 6.15. The molecule has 0 bridgehead atoms. The van der Waals surface area contributed by atoms with Crippen LogP contribution in [0.4, 0.5) is 0 Å². The van der Waals surface area contributed by atoms with Crippen molar-refractivity contribution in [3.8, 4) is 5.75 Å². The van der Waals surface area contributed by atoms with E-state index in [9.17, 15) is 13.2 Å². The fourth-order valence-electron chi connectivity index (χ4n) is 2.81. The van der Waals surface area contributed by atoms with E-state index in [2.05, 4.69) is 5.32 Å². The van der Waals surface area contributed by atoms with E-state index >= 15 is 0 Å². The molecular weight excluding hydrogens is 392 g/mol. The molecule has 0 aliphatic carbocycles. The van der Waals surface area contributed by atoms with Gasteiger partial charge in [0.05, 0.1) is 35.2 Å². The molecule has 3 rings (SSSR count). The molecule has 2 aromatic rings. The van der Waals surface area contributed by atoms with Gasteiger partial charge in [0.2, 0.25) is 0 Å². The lowest BCUT2D eigenvalue weighted by Crippen LogP contribution is -2.32. The van der Waals surface area contributed by atoms with Gasteiger partial charge in [-0.15, -0.1) is 0 Å². The van der Waals surface area contributed by atoms with Crippen molar-refractivity contribution >= 4 is 27.5 Å². The fourth-order valence-corrected chi connectivity index (χ4v) is 4.02. The number of hydroxylamine groups is 1. The van der Waals surface area contributed by atoms with E-state index in [4.69, 9.17) is 21.2 Å². The minimum absolute atomic E-state index is 0.0752. The lowest BCUT2D eigenvalue weighted by molar-refractivity contribution is -0.0258. The summed E-state index contributed by atoms with van der Waals surface area (Å²) in [4.78, 5) is 17.5. The van der Waals surface area contributed by atoms with Crippen molar-refractivity contribution in [2.24, 2.45) is 0 Å². The maximum absolute atomic E-state index is 12.8. The summed E-state index contributed by atoms with van der Waals surface area (Å²) in [7, 11) is -1.38.